The molecule has 3 aromatic rings. The van der Waals surface area contributed by atoms with Crippen molar-refractivity contribution in [3.63, 3.8) is 0 Å². The molecule has 0 bridgehead atoms. The number of aryl methyl sites for hydroxylation is 1. The molecule has 1 aliphatic rings. The number of fused-ring (bicyclic) bond motifs is 1. The molecule has 1 aromatic heterocycles. The molecule has 1 N–H and O–H groups in total. The summed E-state index contributed by atoms with van der Waals surface area (Å²) in [5.74, 6) is 0.726. The number of nitrogens with zero attached hydrogens (tertiary/aromatic N) is 1. The molecule has 2 heterocycles. The summed E-state index contributed by atoms with van der Waals surface area (Å²) >= 11 is 0. The topological polar surface area (TPSA) is 19.0 Å². The minimum atomic E-state index is 0.726. The highest BCUT2D eigenvalue weighted by atomic mass is 15.1. The third-order valence-corrected chi connectivity index (χ3v) is 5.62. The van der Waals surface area contributed by atoms with E-state index in [1.54, 1.807) is 0 Å². The van der Waals surface area contributed by atoms with Crippen LogP contribution in [0.1, 0.15) is 42.7 Å². The molecule has 0 saturated carbocycles. The lowest BCUT2D eigenvalue weighted by atomic mass is 9.90. The maximum absolute atomic E-state index is 3.39. The maximum atomic E-state index is 3.39. The molecule has 0 spiro atoms. The molecule has 2 nitrogen and oxygen atoms in total. The number of piperidine rings is 1. The van der Waals surface area contributed by atoms with Gasteiger partial charge in [0.05, 0.1) is 0 Å². The van der Waals surface area contributed by atoms with Crippen LogP contribution in [0.15, 0.2) is 60.8 Å². The molecule has 0 aliphatic carbocycles. The summed E-state index contributed by atoms with van der Waals surface area (Å²) in [6, 6.07) is 19.7. The van der Waals surface area contributed by atoms with Crippen molar-refractivity contribution < 1.29 is 0 Å². The van der Waals surface area contributed by atoms with Gasteiger partial charge in [0.1, 0.15) is 0 Å². The van der Waals surface area contributed by atoms with Crippen molar-refractivity contribution in [1.29, 1.82) is 0 Å². The molecule has 2 heteroatoms. The zero-order valence-electron chi connectivity index (χ0n) is 15.0. The summed E-state index contributed by atoms with van der Waals surface area (Å²) in [5, 5.41) is 1.39. The second-order valence-corrected chi connectivity index (χ2v) is 7.37. The molecule has 0 amide bonds. The highest BCUT2D eigenvalue weighted by Crippen LogP contribution is 2.27. The SMILES string of the molecule is c1ccc(C2CCCN(CCCCc3c[nH]c4ccccc34)C2)cc1. The van der Waals surface area contributed by atoms with E-state index in [1.165, 1.54) is 73.8 Å². The molecular weight excluding hydrogens is 304 g/mol. The standard InChI is InChI=1S/C23H28N2/c1-2-9-19(10-3-1)21-12-8-16-25(18-21)15-7-6-11-20-17-24-23-14-5-4-13-22(20)23/h1-5,9-10,13-14,17,21,24H,6-8,11-12,15-16,18H2. The van der Waals surface area contributed by atoms with E-state index < -0.39 is 0 Å². The highest BCUT2D eigenvalue weighted by molar-refractivity contribution is 5.82. The van der Waals surface area contributed by atoms with Gasteiger partial charge >= 0.3 is 0 Å². The van der Waals surface area contributed by atoms with E-state index in [-0.39, 0.29) is 0 Å². The van der Waals surface area contributed by atoms with Crippen LogP contribution in [0.3, 0.4) is 0 Å². The fourth-order valence-corrected chi connectivity index (χ4v) is 4.25. The van der Waals surface area contributed by atoms with E-state index in [2.05, 4.69) is 70.7 Å². The van der Waals surface area contributed by atoms with Crippen LogP contribution in [0.4, 0.5) is 0 Å². The molecule has 1 fully saturated rings. The van der Waals surface area contributed by atoms with Gasteiger partial charge in [-0.15, -0.1) is 0 Å². The van der Waals surface area contributed by atoms with Crippen molar-refractivity contribution in [2.24, 2.45) is 0 Å². The molecule has 1 atom stereocenters. The molecule has 1 saturated heterocycles. The first-order valence-corrected chi connectivity index (χ1v) is 9.72. The van der Waals surface area contributed by atoms with Crippen LogP contribution in [-0.4, -0.2) is 29.5 Å². The van der Waals surface area contributed by atoms with Crippen molar-refractivity contribution in [3.8, 4) is 0 Å². The molecule has 4 rings (SSSR count). The van der Waals surface area contributed by atoms with Crippen molar-refractivity contribution in [1.82, 2.24) is 9.88 Å². The van der Waals surface area contributed by atoms with E-state index in [0.717, 1.165) is 5.92 Å². The zero-order chi connectivity index (χ0) is 16.9. The van der Waals surface area contributed by atoms with Gasteiger partial charge in [-0.05, 0) is 68.3 Å². The summed E-state index contributed by atoms with van der Waals surface area (Å²) in [5.41, 5.74) is 4.25. The number of para-hydroxylation sites is 1. The first-order valence-electron chi connectivity index (χ1n) is 9.72. The predicted molar refractivity (Wildman–Crippen MR) is 106 cm³/mol. The van der Waals surface area contributed by atoms with Gasteiger partial charge in [-0.25, -0.2) is 0 Å². The lowest BCUT2D eigenvalue weighted by Crippen LogP contribution is -2.35. The molecule has 0 radical (unpaired) electrons. The van der Waals surface area contributed by atoms with Gasteiger partial charge in [0, 0.05) is 23.6 Å². The Morgan fingerprint density at radius 3 is 2.72 bits per heavy atom. The fraction of sp³-hybridized carbons (Fsp3) is 0.391. The van der Waals surface area contributed by atoms with Gasteiger partial charge in [0.15, 0.2) is 0 Å². The van der Waals surface area contributed by atoms with Crippen molar-refractivity contribution in [2.75, 3.05) is 19.6 Å². The quantitative estimate of drug-likeness (QED) is 0.601. The summed E-state index contributed by atoms with van der Waals surface area (Å²) in [7, 11) is 0. The van der Waals surface area contributed by atoms with E-state index in [9.17, 15) is 0 Å². The Morgan fingerprint density at radius 2 is 1.80 bits per heavy atom. The number of rotatable bonds is 6. The number of unbranched alkanes of at least 4 members (excludes halogenated alkanes) is 1. The Kier molecular flexibility index (Phi) is 5.17. The van der Waals surface area contributed by atoms with Gasteiger partial charge in [-0.1, -0.05) is 48.5 Å². The number of nitrogens with one attached hydrogen (secondary N) is 1. The van der Waals surface area contributed by atoms with Crippen LogP contribution in [0.25, 0.3) is 10.9 Å². The Labute approximate surface area is 150 Å². The normalized spacial score (nSPS) is 18.6. The number of hydrogen-bond donors (Lipinski definition) is 1. The molecule has 2 aromatic carbocycles. The van der Waals surface area contributed by atoms with Gasteiger partial charge in [0.2, 0.25) is 0 Å². The average molecular weight is 332 g/mol. The lowest BCUT2D eigenvalue weighted by molar-refractivity contribution is 0.204. The second kappa shape index (κ2) is 7.88. The number of hydrogen-bond acceptors (Lipinski definition) is 1. The highest BCUT2D eigenvalue weighted by Gasteiger charge is 2.20. The monoisotopic (exact) mass is 332 g/mol. The minimum absolute atomic E-state index is 0.726. The summed E-state index contributed by atoms with van der Waals surface area (Å²) in [4.78, 5) is 6.07. The predicted octanol–water partition coefficient (Wildman–Crippen LogP) is 5.37. The van der Waals surface area contributed by atoms with Crippen molar-refractivity contribution in [2.45, 2.75) is 38.0 Å². The summed E-state index contributed by atoms with van der Waals surface area (Å²) < 4.78 is 0. The second-order valence-electron chi connectivity index (χ2n) is 7.37. The van der Waals surface area contributed by atoms with Crippen molar-refractivity contribution >= 4 is 10.9 Å². The first-order chi connectivity index (χ1) is 12.4. The minimum Gasteiger partial charge on any atom is -0.361 e. The summed E-state index contributed by atoms with van der Waals surface area (Å²) in [6.45, 7) is 3.75. The number of benzene rings is 2. The molecule has 130 valence electrons. The number of likely N-dealkylation sites (tertiary alicyclic amines) is 1. The van der Waals surface area contributed by atoms with Gasteiger partial charge in [-0.2, -0.15) is 0 Å². The van der Waals surface area contributed by atoms with Crippen LogP contribution < -0.4 is 0 Å². The molecular formula is C23H28N2. The third-order valence-electron chi connectivity index (χ3n) is 5.62. The van der Waals surface area contributed by atoms with Gasteiger partial charge < -0.3 is 9.88 Å². The average Bonchev–Trinajstić information content (AvgIpc) is 3.09. The maximum Gasteiger partial charge on any atom is 0.0456 e. The number of aromatic nitrogens is 1. The Bertz CT molecular complexity index is 790. The number of H-pyrrole nitrogens is 1. The largest absolute Gasteiger partial charge is 0.361 e. The van der Waals surface area contributed by atoms with Crippen LogP contribution >= 0.6 is 0 Å². The van der Waals surface area contributed by atoms with Crippen LogP contribution in [-0.2, 0) is 6.42 Å². The van der Waals surface area contributed by atoms with E-state index in [0.29, 0.717) is 0 Å². The zero-order valence-corrected chi connectivity index (χ0v) is 15.0. The Balaban J connectivity index is 1.26. The van der Waals surface area contributed by atoms with E-state index in [4.69, 9.17) is 0 Å². The molecule has 1 aliphatic heterocycles. The van der Waals surface area contributed by atoms with Gasteiger partial charge in [-0.3, -0.25) is 0 Å². The van der Waals surface area contributed by atoms with E-state index >= 15 is 0 Å². The summed E-state index contributed by atoms with van der Waals surface area (Å²) in [6.07, 6.45) is 8.62. The van der Waals surface area contributed by atoms with E-state index in [1.807, 2.05) is 0 Å². The van der Waals surface area contributed by atoms with Crippen molar-refractivity contribution in [3.05, 3.63) is 71.9 Å². The Hall–Kier alpha value is -2.06. The number of aromatic amines is 1. The van der Waals surface area contributed by atoms with Gasteiger partial charge in [0.25, 0.3) is 0 Å². The van der Waals surface area contributed by atoms with Crippen LogP contribution in [0.5, 0.6) is 0 Å². The van der Waals surface area contributed by atoms with Crippen LogP contribution in [0.2, 0.25) is 0 Å². The lowest BCUT2D eigenvalue weighted by Gasteiger charge is -2.33. The smallest absolute Gasteiger partial charge is 0.0456 e. The molecule has 1 unspecified atom stereocenters. The molecule has 25 heavy (non-hydrogen) atoms. The van der Waals surface area contributed by atoms with Crippen LogP contribution in [0, 0.1) is 0 Å². The fourth-order valence-electron chi connectivity index (χ4n) is 4.25. The first kappa shape index (κ1) is 16.4. The third kappa shape index (κ3) is 3.96. The Morgan fingerprint density at radius 1 is 0.960 bits per heavy atom.